The minimum Gasteiger partial charge on any atom is -0.440 e. The molecule has 1 saturated heterocycles. The van der Waals surface area contributed by atoms with Crippen LogP contribution < -0.4 is 10.6 Å². The van der Waals surface area contributed by atoms with E-state index in [-0.39, 0.29) is 30.8 Å². The Morgan fingerprint density at radius 2 is 1.89 bits per heavy atom. The number of alkyl halides is 3. The first kappa shape index (κ1) is 21.5. The number of ether oxygens (including phenoxy) is 1. The van der Waals surface area contributed by atoms with Crippen molar-refractivity contribution in [2.24, 2.45) is 5.92 Å². The lowest BCUT2D eigenvalue weighted by atomic mass is 9.96. The molecule has 0 aromatic heterocycles. The van der Waals surface area contributed by atoms with Crippen LogP contribution in [-0.2, 0) is 9.53 Å². The number of rotatable bonds is 5. The highest BCUT2D eigenvalue weighted by Gasteiger charge is 2.33. The molecular weight excluding hydrogens is 379 g/mol. The predicted octanol–water partition coefficient (Wildman–Crippen LogP) is 2.79. The topological polar surface area (TPSA) is 87.7 Å². The third-order valence-electron chi connectivity index (χ3n) is 4.21. The summed E-state index contributed by atoms with van der Waals surface area (Å²) in [6.45, 7) is 0.920. The van der Waals surface area contributed by atoms with E-state index in [1.807, 2.05) is 0 Å². The first-order chi connectivity index (χ1) is 13.2. The van der Waals surface area contributed by atoms with Gasteiger partial charge < -0.3 is 20.3 Å². The molecule has 0 radical (unpaired) electrons. The zero-order chi connectivity index (χ0) is 20.7. The van der Waals surface area contributed by atoms with Crippen LogP contribution in [0.5, 0.6) is 0 Å². The number of benzene rings is 1. The molecule has 1 aromatic carbocycles. The van der Waals surface area contributed by atoms with Gasteiger partial charge in [0.2, 0.25) is 5.91 Å². The molecule has 0 atom stereocenters. The maximum absolute atomic E-state index is 12.4. The van der Waals surface area contributed by atoms with E-state index in [0.29, 0.717) is 30.6 Å². The molecule has 1 heterocycles. The predicted molar refractivity (Wildman–Crippen MR) is 94.8 cm³/mol. The number of carbonyl (C=O) groups excluding carboxylic acids is 3. The molecule has 154 valence electrons. The van der Waals surface area contributed by atoms with Crippen LogP contribution in [0.15, 0.2) is 24.3 Å². The molecule has 1 aromatic rings. The van der Waals surface area contributed by atoms with Gasteiger partial charge in [-0.15, -0.1) is 0 Å². The standard InChI is InChI=1S/C18H22F3N3O4/c1-2-22-15(25)13-4-3-5-14(10-13)23-16(26)12-6-8-24(9-7-12)17(27)28-11-18(19,20)21/h3-5,10,12H,2,6-9,11H2,1H3,(H,22,25)(H,23,26). The summed E-state index contributed by atoms with van der Waals surface area (Å²) in [5, 5.41) is 5.41. The smallest absolute Gasteiger partial charge is 0.422 e. The first-order valence-electron chi connectivity index (χ1n) is 8.87. The summed E-state index contributed by atoms with van der Waals surface area (Å²) in [6.07, 6.45) is -4.99. The SMILES string of the molecule is CCNC(=O)c1cccc(NC(=O)C2CCN(C(=O)OCC(F)(F)F)CC2)c1. The van der Waals surface area contributed by atoms with Gasteiger partial charge in [0.25, 0.3) is 5.91 Å². The summed E-state index contributed by atoms with van der Waals surface area (Å²) < 4.78 is 40.5. The molecule has 10 heteroatoms. The highest BCUT2D eigenvalue weighted by molar-refractivity contribution is 5.97. The van der Waals surface area contributed by atoms with Crippen molar-refractivity contribution in [1.29, 1.82) is 0 Å². The molecule has 3 amide bonds. The van der Waals surface area contributed by atoms with Gasteiger partial charge in [0.1, 0.15) is 0 Å². The number of nitrogens with zero attached hydrogens (tertiary/aromatic N) is 1. The largest absolute Gasteiger partial charge is 0.440 e. The van der Waals surface area contributed by atoms with Crippen LogP contribution in [0.1, 0.15) is 30.1 Å². The number of piperidine rings is 1. The summed E-state index contributed by atoms with van der Waals surface area (Å²) in [7, 11) is 0. The van der Waals surface area contributed by atoms with Gasteiger partial charge in [0.05, 0.1) is 0 Å². The fourth-order valence-corrected chi connectivity index (χ4v) is 2.80. The van der Waals surface area contributed by atoms with E-state index in [1.165, 1.54) is 0 Å². The molecule has 0 aliphatic carbocycles. The number of carbonyl (C=O) groups is 3. The number of amides is 3. The van der Waals surface area contributed by atoms with Crippen molar-refractivity contribution >= 4 is 23.6 Å². The third kappa shape index (κ3) is 6.43. The Balaban J connectivity index is 1.84. The zero-order valence-corrected chi connectivity index (χ0v) is 15.3. The quantitative estimate of drug-likeness (QED) is 0.794. The Morgan fingerprint density at radius 1 is 1.21 bits per heavy atom. The lowest BCUT2D eigenvalue weighted by Crippen LogP contribution is -2.42. The molecule has 7 nitrogen and oxygen atoms in total. The minimum atomic E-state index is -4.57. The van der Waals surface area contributed by atoms with Gasteiger partial charge >= 0.3 is 12.3 Å². The average molecular weight is 401 g/mol. The van der Waals surface area contributed by atoms with E-state index < -0.39 is 18.9 Å². The van der Waals surface area contributed by atoms with E-state index in [1.54, 1.807) is 31.2 Å². The zero-order valence-electron chi connectivity index (χ0n) is 15.3. The number of nitrogens with one attached hydrogen (secondary N) is 2. The van der Waals surface area contributed by atoms with E-state index >= 15 is 0 Å². The van der Waals surface area contributed by atoms with E-state index in [4.69, 9.17) is 0 Å². The van der Waals surface area contributed by atoms with Gasteiger partial charge in [-0.3, -0.25) is 9.59 Å². The average Bonchev–Trinajstić information content (AvgIpc) is 2.66. The van der Waals surface area contributed by atoms with Crippen LogP contribution in [0.25, 0.3) is 0 Å². The van der Waals surface area contributed by atoms with Crippen molar-refractivity contribution in [2.75, 3.05) is 31.6 Å². The molecule has 2 rings (SSSR count). The van der Waals surface area contributed by atoms with Crippen molar-refractivity contribution in [1.82, 2.24) is 10.2 Å². The molecule has 0 spiro atoms. The van der Waals surface area contributed by atoms with Crippen LogP contribution in [0, 0.1) is 5.92 Å². The van der Waals surface area contributed by atoms with Crippen LogP contribution in [-0.4, -0.2) is 55.2 Å². The highest BCUT2D eigenvalue weighted by atomic mass is 19.4. The summed E-state index contributed by atoms with van der Waals surface area (Å²) >= 11 is 0. The van der Waals surface area contributed by atoms with Crippen molar-refractivity contribution in [3.05, 3.63) is 29.8 Å². The van der Waals surface area contributed by atoms with E-state index in [9.17, 15) is 27.6 Å². The summed E-state index contributed by atoms with van der Waals surface area (Å²) in [6, 6.07) is 6.50. The first-order valence-corrected chi connectivity index (χ1v) is 8.87. The number of hydrogen-bond acceptors (Lipinski definition) is 4. The molecule has 0 saturated carbocycles. The van der Waals surface area contributed by atoms with Gasteiger partial charge in [-0.1, -0.05) is 6.07 Å². The third-order valence-corrected chi connectivity index (χ3v) is 4.21. The normalized spacial score (nSPS) is 15.1. The van der Waals surface area contributed by atoms with Crippen LogP contribution in [0.2, 0.25) is 0 Å². The van der Waals surface area contributed by atoms with Crippen molar-refractivity contribution in [3.8, 4) is 0 Å². The monoisotopic (exact) mass is 401 g/mol. The highest BCUT2D eigenvalue weighted by Crippen LogP contribution is 2.21. The lowest BCUT2D eigenvalue weighted by molar-refractivity contribution is -0.162. The number of likely N-dealkylation sites (tertiary alicyclic amines) is 1. The summed E-state index contributed by atoms with van der Waals surface area (Å²) in [4.78, 5) is 37.1. The molecule has 1 aliphatic heterocycles. The Bertz CT molecular complexity index is 716. The second-order valence-electron chi connectivity index (χ2n) is 6.36. The molecule has 0 unspecified atom stereocenters. The molecular formula is C18H22F3N3O4. The molecule has 28 heavy (non-hydrogen) atoms. The van der Waals surface area contributed by atoms with Gasteiger partial charge in [0.15, 0.2) is 6.61 Å². The van der Waals surface area contributed by atoms with Gasteiger partial charge in [0, 0.05) is 36.8 Å². The van der Waals surface area contributed by atoms with Gasteiger partial charge in [-0.2, -0.15) is 13.2 Å². The molecule has 0 bridgehead atoms. The molecule has 1 aliphatic rings. The Kier molecular flexibility index (Phi) is 7.24. The van der Waals surface area contributed by atoms with Gasteiger partial charge in [-0.05, 0) is 38.0 Å². The number of hydrogen-bond donors (Lipinski definition) is 2. The number of anilines is 1. The Morgan fingerprint density at radius 3 is 2.50 bits per heavy atom. The maximum Gasteiger partial charge on any atom is 0.422 e. The van der Waals surface area contributed by atoms with Gasteiger partial charge in [-0.25, -0.2) is 4.79 Å². The fraction of sp³-hybridized carbons (Fsp3) is 0.500. The number of halogens is 3. The summed E-state index contributed by atoms with van der Waals surface area (Å²) in [5.74, 6) is -0.902. The van der Waals surface area contributed by atoms with Crippen LogP contribution in [0.3, 0.4) is 0 Å². The Hall–Kier alpha value is -2.78. The minimum absolute atomic E-state index is 0.133. The van der Waals surface area contributed by atoms with Crippen molar-refractivity contribution in [3.63, 3.8) is 0 Å². The maximum atomic E-state index is 12.4. The lowest BCUT2D eigenvalue weighted by Gasteiger charge is -2.30. The van der Waals surface area contributed by atoms with E-state index in [2.05, 4.69) is 15.4 Å². The second-order valence-corrected chi connectivity index (χ2v) is 6.36. The summed E-state index contributed by atoms with van der Waals surface area (Å²) in [5.41, 5.74) is 0.891. The van der Waals surface area contributed by atoms with Crippen molar-refractivity contribution in [2.45, 2.75) is 25.9 Å². The Labute approximate surface area is 160 Å². The van der Waals surface area contributed by atoms with Crippen LogP contribution in [0.4, 0.5) is 23.7 Å². The van der Waals surface area contributed by atoms with Crippen molar-refractivity contribution < 1.29 is 32.3 Å². The second kappa shape index (κ2) is 9.43. The molecule has 1 fully saturated rings. The van der Waals surface area contributed by atoms with E-state index in [0.717, 1.165) is 4.90 Å². The fourth-order valence-electron chi connectivity index (χ4n) is 2.80. The molecule has 2 N–H and O–H groups in total. The van der Waals surface area contributed by atoms with Crippen LogP contribution >= 0.6 is 0 Å².